The third-order valence-electron chi connectivity index (χ3n) is 0.990. The highest BCUT2D eigenvalue weighted by Gasteiger charge is 1.68. The summed E-state index contributed by atoms with van der Waals surface area (Å²) in [5.41, 5.74) is 0. The van der Waals surface area contributed by atoms with Crippen LogP contribution >= 0.6 is 0 Å². The molecule has 0 amide bonds. The van der Waals surface area contributed by atoms with Gasteiger partial charge < -0.3 is 0 Å². The quantitative estimate of drug-likeness (QED) is 0.504. The van der Waals surface area contributed by atoms with Crippen LogP contribution in [0.15, 0.2) is 24.3 Å². The zero-order chi connectivity index (χ0) is 6.95. The highest BCUT2D eigenvalue weighted by atomic mass is 13.7. The predicted octanol–water partition coefficient (Wildman–Crippen LogP) is 3.12. The predicted molar refractivity (Wildman–Crippen MR) is 43.2 cm³/mol. The minimum Gasteiger partial charge on any atom is -0.0848 e. The van der Waals surface area contributed by atoms with Crippen LogP contribution in [0.1, 0.15) is 26.2 Å². The van der Waals surface area contributed by atoms with E-state index in [4.69, 9.17) is 0 Å². The first-order valence-corrected chi connectivity index (χ1v) is 3.52. The Morgan fingerprint density at radius 3 is 2.44 bits per heavy atom. The first-order valence-electron chi connectivity index (χ1n) is 3.52. The van der Waals surface area contributed by atoms with E-state index in [-0.39, 0.29) is 0 Å². The molecule has 0 rings (SSSR count). The smallest absolute Gasteiger partial charge is 0.0348 e. The first-order chi connectivity index (χ1) is 4.41. The zero-order valence-electron chi connectivity index (χ0n) is 6.14. The molecule has 0 saturated carbocycles. The zero-order valence-corrected chi connectivity index (χ0v) is 6.14. The fourth-order valence-electron chi connectivity index (χ4n) is 0.507. The van der Waals surface area contributed by atoms with Crippen molar-refractivity contribution in [1.82, 2.24) is 0 Å². The van der Waals surface area contributed by atoms with E-state index in [1.54, 1.807) is 0 Å². The molecular weight excluding hydrogens is 108 g/mol. The van der Waals surface area contributed by atoms with Gasteiger partial charge in [-0.2, -0.15) is 0 Å². The number of unbranched alkanes of at least 4 members (excludes halogenated alkanes) is 1. The molecule has 0 bridgehead atoms. The Morgan fingerprint density at radius 1 is 1.22 bits per heavy atom. The summed E-state index contributed by atoms with van der Waals surface area (Å²) in [6, 6.07) is 0. The van der Waals surface area contributed by atoms with Gasteiger partial charge in [-0.05, 0) is 19.3 Å². The Balaban J connectivity index is 3.13. The number of rotatable bonds is 4. The molecule has 9 heavy (non-hydrogen) atoms. The average Bonchev–Trinajstić information content (AvgIpc) is 1.89. The van der Waals surface area contributed by atoms with Gasteiger partial charge in [-0.15, -0.1) is 0 Å². The SMILES string of the molecule is [CH2]CC/C=C/C=C/CC. The molecule has 0 nitrogen and oxygen atoms in total. The maximum absolute atomic E-state index is 3.73. The molecule has 0 aromatic rings. The summed E-state index contributed by atoms with van der Waals surface area (Å²) < 4.78 is 0. The minimum atomic E-state index is 0.996. The second-order valence-electron chi connectivity index (χ2n) is 1.91. The molecule has 0 N–H and O–H groups in total. The van der Waals surface area contributed by atoms with E-state index in [9.17, 15) is 0 Å². The summed E-state index contributed by atoms with van der Waals surface area (Å²) >= 11 is 0. The fraction of sp³-hybridized carbons (Fsp3) is 0.444. The van der Waals surface area contributed by atoms with Gasteiger partial charge in [0.1, 0.15) is 0 Å². The Hall–Kier alpha value is -0.520. The molecule has 0 spiro atoms. The van der Waals surface area contributed by atoms with Crippen molar-refractivity contribution in [2.45, 2.75) is 26.2 Å². The van der Waals surface area contributed by atoms with Crippen molar-refractivity contribution in [2.24, 2.45) is 0 Å². The largest absolute Gasteiger partial charge is 0.0848 e. The van der Waals surface area contributed by atoms with Crippen molar-refractivity contribution < 1.29 is 0 Å². The summed E-state index contributed by atoms with van der Waals surface area (Å²) in [5.74, 6) is 0. The standard InChI is InChI=1S/C9H15/c1-3-5-7-9-8-6-4-2/h6-9H,1,3-5H2,2H3/b8-6+,9-7+. The maximum atomic E-state index is 3.73. The summed E-state index contributed by atoms with van der Waals surface area (Å²) in [5, 5.41) is 0. The molecule has 0 heterocycles. The molecule has 0 aliphatic heterocycles. The highest BCUT2D eigenvalue weighted by molar-refractivity contribution is 5.01. The summed E-state index contributed by atoms with van der Waals surface area (Å²) in [7, 11) is 0. The van der Waals surface area contributed by atoms with Crippen LogP contribution < -0.4 is 0 Å². The van der Waals surface area contributed by atoms with E-state index in [2.05, 4.69) is 38.2 Å². The summed E-state index contributed by atoms with van der Waals surface area (Å²) in [6.45, 7) is 5.86. The second-order valence-corrected chi connectivity index (χ2v) is 1.91. The van der Waals surface area contributed by atoms with E-state index >= 15 is 0 Å². The summed E-state index contributed by atoms with van der Waals surface area (Å²) in [6.07, 6.45) is 11.6. The van der Waals surface area contributed by atoms with Gasteiger partial charge in [-0.1, -0.05) is 38.2 Å². The van der Waals surface area contributed by atoms with Gasteiger partial charge in [0, 0.05) is 0 Å². The molecule has 0 aliphatic carbocycles. The first kappa shape index (κ1) is 8.48. The molecule has 51 valence electrons. The van der Waals surface area contributed by atoms with E-state index in [1.165, 1.54) is 0 Å². The van der Waals surface area contributed by atoms with Gasteiger partial charge in [0.05, 0.1) is 0 Å². The topological polar surface area (TPSA) is 0 Å². The van der Waals surface area contributed by atoms with Crippen molar-refractivity contribution in [3.05, 3.63) is 31.2 Å². The summed E-state index contributed by atoms with van der Waals surface area (Å²) in [4.78, 5) is 0. The van der Waals surface area contributed by atoms with Crippen LogP contribution in [0.4, 0.5) is 0 Å². The molecule has 0 unspecified atom stereocenters. The lowest BCUT2D eigenvalue weighted by atomic mass is 10.3. The van der Waals surface area contributed by atoms with E-state index in [0.29, 0.717) is 0 Å². The molecule has 0 atom stereocenters. The third-order valence-corrected chi connectivity index (χ3v) is 0.990. The van der Waals surface area contributed by atoms with Crippen LogP contribution in [0, 0.1) is 6.92 Å². The normalized spacial score (nSPS) is 11.8. The monoisotopic (exact) mass is 123 g/mol. The fourth-order valence-corrected chi connectivity index (χ4v) is 0.507. The van der Waals surface area contributed by atoms with E-state index in [1.807, 2.05) is 0 Å². The van der Waals surface area contributed by atoms with Gasteiger partial charge in [0.15, 0.2) is 0 Å². The van der Waals surface area contributed by atoms with Crippen molar-refractivity contribution in [3.63, 3.8) is 0 Å². The molecule has 0 saturated heterocycles. The number of hydrogen-bond acceptors (Lipinski definition) is 0. The van der Waals surface area contributed by atoms with Gasteiger partial charge in [0.25, 0.3) is 0 Å². The number of hydrogen-bond donors (Lipinski definition) is 0. The van der Waals surface area contributed by atoms with Crippen LogP contribution in [-0.2, 0) is 0 Å². The van der Waals surface area contributed by atoms with Crippen molar-refractivity contribution in [2.75, 3.05) is 0 Å². The second kappa shape index (κ2) is 7.48. The Morgan fingerprint density at radius 2 is 1.89 bits per heavy atom. The molecule has 0 heteroatoms. The van der Waals surface area contributed by atoms with Crippen molar-refractivity contribution in [1.29, 1.82) is 0 Å². The lowest BCUT2D eigenvalue weighted by molar-refractivity contribution is 1.05. The van der Waals surface area contributed by atoms with Crippen LogP contribution in [0.3, 0.4) is 0 Å². The van der Waals surface area contributed by atoms with Crippen LogP contribution in [0.5, 0.6) is 0 Å². The molecule has 0 fully saturated rings. The molecular formula is C9H15. The average molecular weight is 123 g/mol. The van der Waals surface area contributed by atoms with Gasteiger partial charge in [-0.25, -0.2) is 0 Å². The van der Waals surface area contributed by atoms with Crippen LogP contribution in [0.25, 0.3) is 0 Å². The Bertz CT molecular complexity index is 88.2. The van der Waals surface area contributed by atoms with Gasteiger partial charge in [0.2, 0.25) is 0 Å². The Labute approximate surface area is 58.3 Å². The van der Waals surface area contributed by atoms with Crippen LogP contribution in [-0.4, -0.2) is 0 Å². The number of allylic oxidation sites excluding steroid dienone is 4. The molecule has 0 aliphatic rings. The van der Waals surface area contributed by atoms with Gasteiger partial charge >= 0.3 is 0 Å². The van der Waals surface area contributed by atoms with Gasteiger partial charge in [-0.3, -0.25) is 0 Å². The highest BCUT2D eigenvalue weighted by Crippen LogP contribution is 1.88. The molecule has 0 aromatic carbocycles. The minimum absolute atomic E-state index is 0.996. The molecule has 1 radical (unpaired) electrons. The van der Waals surface area contributed by atoms with Crippen molar-refractivity contribution >= 4 is 0 Å². The Kier molecular flexibility index (Phi) is 7.05. The van der Waals surface area contributed by atoms with E-state index in [0.717, 1.165) is 19.3 Å². The maximum Gasteiger partial charge on any atom is -0.0348 e. The van der Waals surface area contributed by atoms with E-state index < -0.39 is 0 Å². The van der Waals surface area contributed by atoms with Crippen LogP contribution in [0.2, 0.25) is 0 Å². The lowest BCUT2D eigenvalue weighted by Crippen LogP contribution is -1.59. The molecule has 0 aromatic heterocycles. The lowest BCUT2D eigenvalue weighted by Gasteiger charge is -1.79. The third kappa shape index (κ3) is 7.48. The van der Waals surface area contributed by atoms with Crippen molar-refractivity contribution in [3.8, 4) is 0 Å².